The van der Waals surface area contributed by atoms with Crippen molar-refractivity contribution in [3.63, 3.8) is 0 Å². The monoisotopic (exact) mass is 915 g/mol. The molecule has 0 bridgehead atoms. The highest BCUT2D eigenvalue weighted by atomic mass is 19.3. The lowest BCUT2D eigenvalue weighted by atomic mass is 9.86. The number of nitrogens with zero attached hydrogens (tertiary/aromatic N) is 3. The number of piperidine rings is 3. The number of allylic oxidation sites excluding steroid dienone is 1. The van der Waals surface area contributed by atoms with Crippen LogP contribution < -0.4 is 31.5 Å². The molecule has 6 rings (SSSR count). The molecule has 0 radical (unpaired) electrons. The van der Waals surface area contributed by atoms with Gasteiger partial charge in [-0.2, -0.15) is 0 Å². The molecule has 3 fully saturated rings. The molecule has 7 N–H and O–H groups in total. The number of halogens is 2. The average Bonchev–Trinajstić information content (AvgIpc) is 3.30. The van der Waals surface area contributed by atoms with Gasteiger partial charge in [-0.1, -0.05) is 38.2 Å². The van der Waals surface area contributed by atoms with Gasteiger partial charge in [0.2, 0.25) is 29.5 Å². The van der Waals surface area contributed by atoms with Crippen LogP contribution in [-0.2, 0) is 30.4 Å². The first-order valence-corrected chi connectivity index (χ1v) is 23.8. The Morgan fingerprint density at radius 2 is 1.58 bits per heavy atom. The Bertz CT molecular complexity index is 2110. The van der Waals surface area contributed by atoms with Gasteiger partial charge in [-0.15, -0.1) is 0 Å². The molecule has 15 nitrogen and oxygen atoms in total. The molecule has 0 aromatic heterocycles. The molecule has 2 aromatic carbocycles. The number of fused-ring (bicyclic) bond motifs is 1. The van der Waals surface area contributed by atoms with Gasteiger partial charge < -0.3 is 41.4 Å². The number of aryl methyl sites for hydroxylation is 1. The fourth-order valence-electron chi connectivity index (χ4n) is 9.74. The van der Waals surface area contributed by atoms with Gasteiger partial charge >= 0.3 is 0 Å². The summed E-state index contributed by atoms with van der Waals surface area (Å²) in [7, 11) is 1.66. The summed E-state index contributed by atoms with van der Waals surface area (Å²) in [5.74, 6) is -0.597. The van der Waals surface area contributed by atoms with Crippen LogP contribution in [0.5, 0.6) is 0 Å². The number of likely N-dealkylation sites (tertiary alicyclic amines) is 2. The number of amides is 5. The number of nitrogens with one attached hydrogen (secondary N) is 7. The summed E-state index contributed by atoms with van der Waals surface area (Å²) in [5, 5.41) is 32.5. The summed E-state index contributed by atoms with van der Waals surface area (Å²) in [6, 6.07) is 9.99. The average molecular weight is 915 g/mol. The van der Waals surface area contributed by atoms with Crippen LogP contribution in [0.1, 0.15) is 126 Å². The zero-order valence-electron chi connectivity index (χ0n) is 38.5. The minimum Gasteiger partial charge on any atom is -0.393 e. The molecule has 66 heavy (non-hydrogen) atoms. The summed E-state index contributed by atoms with van der Waals surface area (Å²) in [4.78, 5) is 67.4. The van der Waals surface area contributed by atoms with Crippen molar-refractivity contribution in [2.45, 2.75) is 134 Å². The fraction of sp³-hybridized carbons (Fsp3) is 0.571. The van der Waals surface area contributed by atoms with Crippen LogP contribution in [0.2, 0.25) is 0 Å². The van der Waals surface area contributed by atoms with E-state index in [1.54, 1.807) is 36.2 Å². The SMILES string of the molecule is CN/C=C(\C=N)c1cc2c(cc1C(F)F)N(C(=N)C1CN(C(C)=O)CCC1NC1CCN(C(=O)CCCCCCCCCC(=O)Nc3cccc(NC4CCC(=O)NC4=O)c3)CC1)CCC2. The van der Waals surface area contributed by atoms with Crippen LogP contribution in [0.15, 0.2) is 42.6 Å². The Morgan fingerprint density at radius 1 is 0.879 bits per heavy atom. The summed E-state index contributed by atoms with van der Waals surface area (Å²) >= 11 is 0. The molecule has 0 spiro atoms. The van der Waals surface area contributed by atoms with Gasteiger partial charge in [0, 0.05) is 125 Å². The van der Waals surface area contributed by atoms with Gasteiger partial charge in [-0.25, -0.2) is 8.78 Å². The van der Waals surface area contributed by atoms with Crippen LogP contribution in [0.3, 0.4) is 0 Å². The fourth-order valence-corrected chi connectivity index (χ4v) is 9.74. The number of unbranched alkanes of at least 4 members (excludes halogenated alkanes) is 6. The van der Waals surface area contributed by atoms with Crippen molar-refractivity contribution in [2.75, 3.05) is 55.3 Å². The van der Waals surface area contributed by atoms with Crippen molar-refractivity contribution >= 4 is 64.2 Å². The van der Waals surface area contributed by atoms with Crippen molar-refractivity contribution < 1.29 is 32.8 Å². The Labute approximate surface area is 387 Å². The van der Waals surface area contributed by atoms with Crippen LogP contribution in [-0.4, -0.2) is 109 Å². The molecule has 4 aliphatic rings. The Kier molecular flexibility index (Phi) is 18.2. The third-order valence-electron chi connectivity index (χ3n) is 13.4. The number of benzene rings is 2. The van der Waals surface area contributed by atoms with E-state index in [1.807, 2.05) is 15.9 Å². The van der Waals surface area contributed by atoms with E-state index in [1.165, 1.54) is 19.2 Å². The molecule has 2 aromatic rings. The molecular weight excluding hydrogens is 847 g/mol. The first-order chi connectivity index (χ1) is 31.8. The van der Waals surface area contributed by atoms with E-state index in [0.29, 0.717) is 98.9 Å². The van der Waals surface area contributed by atoms with Gasteiger partial charge in [0.15, 0.2) is 0 Å². The number of alkyl halides is 2. The van der Waals surface area contributed by atoms with E-state index >= 15 is 0 Å². The quantitative estimate of drug-likeness (QED) is 0.0325. The largest absolute Gasteiger partial charge is 0.393 e. The summed E-state index contributed by atoms with van der Waals surface area (Å²) in [5.41, 5.74) is 3.27. The lowest BCUT2D eigenvalue weighted by Crippen LogP contribution is -2.59. The van der Waals surface area contributed by atoms with E-state index in [9.17, 15) is 38.2 Å². The standard InChI is InChI=1S/C49H68F2N10O5/c1-32(62)60-25-21-41(40(31-60)48(53)61-22-11-12-33-26-38(34(29-52)30-54-2)39(47(50)51)28-43(33)61)55-35-19-23-59(24-20-35)46(65)16-9-7-5-3-4-6-8-15-44(63)57-37-14-10-13-36(27-37)56-42-17-18-45(64)58-49(42)66/h10,13-14,26-30,35,40-42,47,52-56H,3-9,11-12,15-25,31H2,1-2H3,(H,57,63)(H,58,64,66)/b34-30+,52-29?,53-48?. The highest BCUT2D eigenvalue weighted by Crippen LogP contribution is 2.38. The normalized spacial score (nSPS) is 20.4. The van der Waals surface area contributed by atoms with Crippen LogP contribution >= 0.6 is 0 Å². The summed E-state index contributed by atoms with van der Waals surface area (Å²) in [6.07, 6.45) is 11.8. The predicted molar refractivity (Wildman–Crippen MR) is 254 cm³/mol. The van der Waals surface area contributed by atoms with Crippen LogP contribution in [0.4, 0.5) is 25.8 Å². The second kappa shape index (κ2) is 24.2. The molecule has 3 saturated heterocycles. The number of hydrogen-bond donors (Lipinski definition) is 7. The second-order valence-corrected chi connectivity index (χ2v) is 18.1. The number of carbonyl (C=O) groups excluding carboxylic acids is 5. The lowest BCUT2D eigenvalue weighted by Gasteiger charge is -2.45. The first-order valence-electron chi connectivity index (χ1n) is 23.8. The topological polar surface area (TPSA) is 203 Å². The molecule has 0 aliphatic carbocycles. The van der Waals surface area contributed by atoms with Crippen molar-refractivity contribution in [2.24, 2.45) is 5.92 Å². The number of carbonyl (C=O) groups is 5. The van der Waals surface area contributed by atoms with E-state index in [0.717, 1.165) is 76.0 Å². The van der Waals surface area contributed by atoms with Gasteiger partial charge in [0.1, 0.15) is 11.9 Å². The molecule has 3 unspecified atom stereocenters. The molecule has 0 saturated carbocycles. The van der Waals surface area contributed by atoms with E-state index in [2.05, 4.69) is 26.6 Å². The summed E-state index contributed by atoms with van der Waals surface area (Å²) in [6.45, 7) is 4.29. The number of hydrogen-bond acceptors (Lipinski definition) is 10. The molecule has 5 amide bonds. The van der Waals surface area contributed by atoms with Gasteiger partial charge in [0.25, 0.3) is 6.43 Å². The molecule has 3 atom stereocenters. The third kappa shape index (κ3) is 13.4. The third-order valence-corrected chi connectivity index (χ3v) is 13.4. The number of amidine groups is 1. The van der Waals surface area contributed by atoms with E-state index in [4.69, 9.17) is 5.41 Å². The maximum absolute atomic E-state index is 14.5. The number of rotatable bonds is 20. The van der Waals surface area contributed by atoms with Crippen molar-refractivity contribution in [1.29, 1.82) is 10.8 Å². The Balaban J connectivity index is 0.891. The van der Waals surface area contributed by atoms with Crippen molar-refractivity contribution in [1.82, 2.24) is 25.8 Å². The molecular formula is C49H68F2N10O5. The lowest BCUT2D eigenvalue weighted by molar-refractivity contribution is -0.134. The van der Waals surface area contributed by atoms with Gasteiger partial charge in [-0.05, 0) is 92.8 Å². The number of anilines is 3. The maximum atomic E-state index is 14.5. The second-order valence-electron chi connectivity index (χ2n) is 18.1. The van der Waals surface area contributed by atoms with E-state index in [-0.39, 0.29) is 59.5 Å². The smallest absolute Gasteiger partial charge is 0.264 e. The Morgan fingerprint density at radius 3 is 2.26 bits per heavy atom. The highest BCUT2D eigenvalue weighted by Gasteiger charge is 2.39. The van der Waals surface area contributed by atoms with Crippen LogP contribution in [0.25, 0.3) is 5.57 Å². The van der Waals surface area contributed by atoms with E-state index < -0.39 is 12.5 Å². The Hall–Kier alpha value is -5.71. The molecule has 17 heteroatoms. The predicted octanol–water partition coefficient (Wildman–Crippen LogP) is 6.75. The molecule has 4 heterocycles. The van der Waals surface area contributed by atoms with Gasteiger partial charge in [-0.3, -0.25) is 34.7 Å². The summed E-state index contributed by atoms with van der Waals surface area (Å²) < 4.78 is 29.0. The van der Waals surface area contributed by atoms with Crippen molar-refractivity contribution in [3.05, 3.63) is 59.3 Å². The van der Waals surface area contributed by atoms with Gasteiger partial charge in [0.05, 0.1) is 0 Å². The highest BCUT2D eigenvalue weighted by molar-refractivity contribution is 6.09. The molecule has 4 aliphatic heterocycles. The van der Waals surface area contributed by atoms with Crippen LogP contribution in [0, 0.1) is 16.7 Å². The minimum absolute atomic E-state index is 0.0564. The zero-order chi connectivity index (χ0) is 47.2. The first kappa shape index (κ1) is 49.7. The minimum atomic E-state index is -2.77. The maximum Gasteiger partial charge on any atom is 0.264 e. The zero-order valence-corrected chi connectivity index (χ0v) is 38.5. The number of imide groups is 1. The van der Waals surface area contributed by atoms with Crippen molar-refractivity contribution in [3.8, 4) is 0 Å². The molecule has 358 valence electrons.